The minimum atomic E-state index is -0.812. The van der Waals surface area contributed by atoms with E-state index >= 15 is 0 Å². The lowest BCUT2D eigenvalue weighted by Gasteiger charge is -2.34. The number of carbonyl (C=O) groups is 2. The number of aryl methyl sites for hydroxylation is 2. The number of rotatable bonds is 8. The minimum Gasteiger partial charge on any atom is -0.491 e. The monoisotopic (exact) mass is 559 g/mol. The third-order valence-corrected chi connectivity index (χ3v) is 8.17. The van der Waals surface area contributed by atoms with Crippen molar-refractivity contribution in [2.24, 2.45) is 0 Å². The summed E-state index contributed by atoms with van der Waals surface area (Å²) in [5, 5.41) is 19.7. The molecule has 11 heteroatoms. The van der Waals surface area contributed by atoms with Gasteiger partial charge in [0.2, 0.25) is 0 Å². The maximum Gasteiger partial charge on any atom is 0.260 e. The molecule has 3 aliphatic heterocycles. The highest BCUT2D eigenvalue weighted by Gasteiger charge is 2.35. The zero-order valence-electron chi connectivity index (χ0n) is 23.7. The van der Waals surface area contributed by atoms with Gasteiger partial charge < -0.3 is 40.6 Å². The van der Waals surface area contributed by atoms with E-state index in [9.17, 15) is 14.7 Å². The summed E-state index contributed by atoms with van der Waals surface area (Å²) in [7, 11) is 2.12. The lowest BCUT2D eigenvalue weighted by atomic mass is 10.0. The molecule has 41 heavy (non-hydrogen) atoms. The molecule has 0 bridgehead atoms. The minimum absolute atomic E-state index is 0.0586. The smallest absolute Gasteiger partial charge is 0.260 e. The average Bonchev–Trinajstić information content (AvgIpc) is 3.50. The Morgan fingerprint density at radius 3 is 2.73 bits per heavy atom. The van der Waals surface area contributed by atoms with Crippen molar-refractivity contribution in [3.05, 3.63) is 64.2 Å². The Kier molecular flexibility index (Phi) is 7.31. The summed E-state index contributed by atoms with van der Waals surface area (Å²) in [5.41, 5.74) is 5.52. The molecule has 1 atom stereocenters. The van der Waals surface area contributed by atoms with Gasteiger partial charge in [-0.3, -0.25) is 9.59 Å². The molecule has 4 heterocycles. The van der Waals surface area contributed by atoms with E-state index in [0.717, 1.165) is 48.4 Å². The Morgan fingerprint density at radius 2 is 1.95 bits per heavy atom. The molecular weight excluding hydrogens is 522 g/mol. The maximum absolute atomic E-state index is 13.3. The number of fused-ring (bicyclic) bond motifs is 2. The van der Waals surface area contributed by atoms with Crippen LogP contribution in [0.5, 0.6) is 5.75 Å². The van der Waals surface area contributed by atoms with Crippen molar-refractivity contribution in [3.8, 4) is 5.75 Å². The van der Waals surface area contributed by atoms with Gasteiger partial charge in [-0.1, -0.05) is 17.7 Å². The molecule has 5 N–H and O–H groups in total. The summed E-state index contributed by atoms with van der Waals surface area (Å²) in [6.45, 7) is 7.08. The lowest BCUT2D eigenvalue weighted by molar-refractivity contribution is -0.116. The van der Waals surface area contributed by atoms with Gasteiger partial charge in [-0.2, -0.15) is 0 Å². The largest absolute Gasteiger partial charge is 0.491 e. The number of aliphatic hydroxyl groups excluding tert-OH is 1. The van der Waals surface area contributed by atoms with Crippen molar-refractivity contribution in [1.82, 2.24) is 35.7 Å². The number of imidazole rings is 1. The Balaban J connectivity index is 1.17. The van der Waals surface area contributed by atoms with Gasteiger partial charge in [-0.25, -0.2) is 4.98 Å². The fourth-order valence-electron chi connectivity index (χ4n) is 5.87. The number of nitrogens with zero attached hydrogens (tertiary/aromatic N) is 3. The number of carbonyl (C=O) groups excluding carboxylic acids is 2. The number of likely N-dealkylation sites (tertiary alicyclic amines) is 1. The average molecular weight is 560 g/mol. The summed E-state index contributed by atoms with van der Waals surface area (Å²) < 4.78 is 5.81. The highest BCUT2D eigenvalue weighted by atomic mass is 16.5. The fourth-order valence-corrected chi connectivity index (χ4v) is 5.87. The number of aromatic nitrogens is 2. The van der Waals surface area contributed by atoms with Crippen LogP contribution in [0.15, 0.2) is 36.2 Å². The van der Waals surface area contributed by atoms with E-state index in [4.69, 9.17) is 9.72 Å². The van der Waals surface area contributed by atoms with E-state index in [1.165, 1.54) is 0 Å². The summed E-state index contributed by atoms with van der Waals surface area (Å²) in [5.74, 6) is 1.35. The number of aliphatic hydroxyl groups is 1. The van der Waals surface area contributed by atoms with Crippen molar-refractivity contribution in [2.45, 2.75) is 45.4 Å². The first kappa shape index (κ1) is 27.1. The highest BCUT2D eigenvalue weighted by Crippen LogP contribution is 2.32. The predicted octanol–water partition coefficient (Wildman–Crippen LogP) is 1.60. The third-order valence-electron chi connectivity index (χ3n) is 8.17. The summed E-state index contributed by atoms with van der Waals surface area (Å²) in [4.78, 5) is 38.5. The van der Waals surface area contributed by atoms with Crippen molar-refractivity contribution < 1.29 is 19.4 Å². The first-order chi connectivity index (χ1) is 19.8. The fraction of sp³-hybridized carbons (Fsp3) is 0.433. The number of H-pyrrole nitrogens is 1. The number of aromatic amines is 1. The molecule has 2 amide bonds. The quantitative estimate of drug-likeness (QED) is 0.281. The number of hydrogen-bond donors (Lipinski definition) is 5. The van der Waals surface area contributed by atoms with Crippen LogP contribution in [0.25, 0.3) is 16.6 Å². The van der Waals surface area contributed by atoms with Crippen molar-refractivity contribution in [2.75, 3.05) is 40.0 Å². The number of benzene rings is 2. The van der Waals surface area contributed by atoms with Gasteiger partial charge in [0.25, 0.3) is 11.8 Å². The van der Waals surface area contributed by atoms with Crippen LogP contribution in [0.1, 0.15) is 45.7 Å². The standard InChI is InChI=1S/C30H37N7O4/c1-17-4-5-25(18(2)10-17)41-15-21(38)13-31-27-26(29(39)33-16-32-27)28-34-23-11-19-14-37(20-6-8-36(3)9-7-20)30(40)22(19)12-24(23)35-28/h4-5,10-12,20-21,31-32,38H,6-9,13-16H2,1-3H3,(H,33,39)(H,34,35). The summed E-state index contributed by atoms with van der Waals surface area (Å²) in [6.07, 6.45) is 1.15. The van der Waals surface area contributed by atoms with Crippen LogP contribution in [-0.4, -0.2) is 88.8 Å². The molecule has 3 aromatic rings. The van der Waals surface area contributed by atoms with Gasteiger partial charge in [-0.05, 0) is 76.2 Å². The molecule has 1 aromatic heterocycles. The van der Waals surface area contributed by atoms with E-state index in [1.54, 1.807) is 0 Å². The van der Waals surface area contributed by atoms with E-state index in [-0.39, 0.29) is 37.7 Å². The van der Waals surface area contributed by atoms with Crippen molar-refractivity contribution in [1.29, 1.82) is 0 Å². The summed E-state index contributed by atoms with van der Waals surface area (Å²) >= 11 is 0. The molecule has 0 aliphatic carbocycles. The molecule has 11 nitrogen and oxygen atoms in total. The lowest BCUT2D eigenvalue weighted by Crippen LogP contribution is -2.46. The molecule has 0 spiro atoms. The second kappa shape index (κ2) is 11.1. The van der Waals surface area contributed by atoms with Gasteiger partial charge in [0.1, 0.15) is 35.7 Å². The zero-order valence-corrected chi connectivity index (χ0v) is 23.7. The van der Waals surface area contributed by atoms with E-state index in [1.807, 2.05) is 49.1 Å². The second-order valence-electron chi connectivity index (χ2n) is 11.3. The van der Waals surface area contributed by atoms with Gasteiger partial charge in [0.05, 0.1) is 17.7 Å². The normalized spacial score (nSPS) is 18.9. The van der Waals surface area contributed by atoms with Crippen LogP contribution in [0, 0.1) is 13.8 Å². The van der Waals surface area contributed by atoms with Gasteiger partial charge in [0.15, 0.2) is 0 Å². The first-order valence-electron chi connectivity index (χ1n) is 14.2. The van der Waals surface area contributed by atoms with Gasteiger partial charge in [0, 0.05) is 24.7 Å². The zero-order chi connectivity index (χ0) is 28.7. The predicted molar refractivity (Wildman–Crippen MR) is 155 cm³/mol. The molecule has 0 saturated carbocycles. The van der Waals surface area contributed by atoms with Crippen molar-refractivity contribution in [3.63, 3.8) is 0 Å². The molecule has 1 fully saturated rings. The van der Waals surface area contributed by atoms with Crippen molar-refractivity contribution >= 4 is 28.4 Å². The third kappa shape index (κ3) is 5.47. The number of hydrogen-bond acceptors (Lipinski definition) is 8. The Labute approximate surface area is 238 Å². The highest BCUT2D eigenvalue weighted by molar-refractivity contribution is 6.20. The summed E-state index contributed by atoms with van der Waals surface area (Å²) in [6, 6.07) is 9.96. The number of ether oxygens (including phenoxy) is 1. The Morgan fingerprint density at radius 1 is 1.15 bits per heavy atom. The molecule has 1 saturated heterocycles. The van der Waals surface area contributed by atoms with Crippen LogP contribution in [0.2, 0.25) is 0 Å². The molecule has 1 unspecified atom stereocenters. The van der Waals surface area contributed by atoms with Crippen LogP contribution < -0.4 is 20.7 Å². The Hall–Kier alpha value is -4.09. The van der Waals surface area contributed by atoms with E-state index < -0.39 is 6.10 Å². The molecule has 216 valence electrons. The SMILES string of the molecule is Cc1ccc(OCC(O)CNC2=C(c3nc4cc5c(cc4[nH]3)C(=O)N(C3CCN(C)CC3)C5)C(=O)NCN2)c(C)c1. The van der Waals surface area contributed by atoms with Crippen LogP contribution >= 0.6 is 0 Å². The molecule has 2 aromatic carbocycles. The van der Waals surface area contributed by atoms with Crippen LogP contribution in [0.4, 0.5) is 0 Å². The molecular formula is C30H37N7O4. The van der Waals surface area contributed by atoms with Gasteiger partial charge in [-0.15, -0.1) is 0 Å². The molecule has 0 radical (unpaired) electrons. The van der Waals surface area contributed by atoms with E-state index in [0.29, 0.717) is 40.4 Å². The number of piperidine rings is 1. The number of nitrogens with one attached hydrogen (secondary N) is 4. The first-order valence-corrected chi connectivity index (χ1v) is 14.2. The number of amides is 2. The Bertz CT molecular complexity index is 1520. The van der Waals surface area contributed by atoms with Gasteiger partial charge >= 0.3 is 0 Å². The second-order valence-corrected chi connectivity index (χ2v) is 11.3. The van der Waals surface area contributed by atoms with Crippen LogP contribution in [0.3, 0.4) is 0 Å². The van der Waals surface area contributed by atoms with Crippen LogP contribution in [-0.2, 0) is 11.3 Å². The topological polar surface area (TPSA) is 135 Å². The molecule has 3 aliphatic rings. The van der Waals surface area contributed by atoms with E-state index in [2.05, 4.69) is 32.9 Å². The maximum atomic E-state index is 13.3. The molecule has 6 rings (SSSR count).